The summed E-state index contributed by atoms with van der Waals surface area (Å²) in [6, 6.07) is 0.198. The monoisotopic (exact) mass is 211 g/mol. The van der Waals surface area contributed by atoms with E-state index in [1.54, 1.807) is 0 Å². The van der Waals surface area contributed by atoms with Gasteiger partial charge in [0, 0.05) is 11.8 Å². The van der Waals surface area contributed by atoms with Crippen molar-refractivity contribution in [1.82, 2.24) is 10.7 Å². The van der Waals surface area contributed by atoms with Gasteiger partial charge >= 0.3 is 11.8 Å². The third-order valence-electron chi connectivity index (χ3n) is 2.25. The van der Waals surface area contributed by atoms with Crippen LogP contribution in [-0.4, -0.2) is 23.6 Å². The molecule has 2 amide bonds. The quantitative estimate of drug-likeness (QED) is 0.405. The summed E-state index contributed by atoms with van der Waals surface area (Å²) in [5.41, 5.74) is 3.13. The molecule has 1 aliphatic rings. The molecule has 0 radical (unpaired) electrons. The van der Waals surface area contributed by atoms with Crippen LogP contribution >= 0.6 is 0 Å². The maximum absolute atomic E-state index is 11.2. The summed E-state index contributed by atoms with van der Waals surface area (Å²) in [6.07, 6.45) is 3.50. The molecule has 0 aliphatic heterocycles. The maximum atomic E-state index is 11.2. The number of hydrazone groups is 1. The molecule has 0 heterocycles. The number of amides is 2. The zero-order valence-corrected chi connectivity index (χ0v) is 9.17. The van der Waals surface area contributed by atoms with Gasteiger partial charge in [-0.25, -0.2) is 5.43 Å². The van der Waals surface area contributed by atoms with Crippen molar-refractivity contribution < 1.29 is 9.59 Å². The van der Waals surface area contributed by atoms with Gasteiger partial charge in [0.1, 0.15) is 0 Å². The zero-order chi connectivity index (χ0) is 11.3. The standard InChI is InChI=1S/C10H17N3O2/c1-3-7(4-2)12-13-10(15)9(14)11-8-5-6-8/h8H,3-6H2,1-2H3,(H,11,14)(H,13,15). The average molecular weight is 211 g/mol. The highest BCUT2D eigenvalue weighted by atomic mass is 16.2. The Morgan fingerprint density at radius 2 is 1.80 bits per heavy atom. The molecule has 1 saturated carbocycles. The molecule has 1 fully saturated rings. The van der Waals surface area contributed by atoms with Gasteiger partial charge in [-0.1, -0.05) is 13.8 Å². The number of hydrogen-bond donors (Lipinski definition) is 2. The summed E-state index contributed by atoms with van der Waals surface area (Å²) in [7, 11) is 0. The van der Waals surface area contributed by atoms with Crippen LogP contribution in [0.1, 0.15) is 39.5 Å². The first-order valence-corrected chi connectivity index (χ1v) is 5.33. The van der Waals surface area contributed by atoms with Gasteiger partial charge in [0.2, 0.25) is 0 Å². The lowest BCUT2D eigenvalue weighted by atomic mass is 10.2. The second-order valence-corrected chi connectivity index (χ2v) is 3.57. The fourth-order valence-corrected chi connectivity index (χ4v) is 1.07. The minimum atomic E-state index is -0.679. The smallest absolute Gasteiger partial charge is 0.329 e. The molecule has 5 heteroatoms. The zero-order valence-electron chi connectivity index (χ0n) is 9.17. The molecule has 0 saturated heterocycles. The van der Waals surface area contributed by atoms with Crippen molar-refractivity contribution in [3.63, 3.8) is 0 Å². The third kappa shape index (κ3) is 4.10. The molecule has 0 aromatic carbocycles. The van der Waals surface area contributed by atoms with Crippen molar-refractivity contribution >= 4 is 17.5 Å². The Hall–Kier alpha value is -1.39. The lowest BCUT2D eigenvalue weighted by Crippen LogP contribution is -2.39. The normalized spacial score (nSPS) is 14.3. The Balaban J connectivity index is 2.33. The highest BCUT2D eigenvalue weighted by molar-refractivity contribution is 6.35. The average Bonchev–Trinajstić information content (AvgIpc) is 3.02. The van der Waals surface area contributed by atoms with Crippen molar-refractivity contribution in [2.75, 3.05) is 0 Å². The van der Waals surface area contributed by atoms with Gasteiger partial charge in [-0.3, -0.25) is 9.59 Å². The molecule has 0 aromatic rings. The van der Waals surface area contributed by atoms with Crippen LogP contribution in [0.3, 0.4) is 0 Å². The molecule has 15 heavy (non-hydrogen) atoms. The van der Waals surface area contributed by atoms with E-state index < -0.39 is 11.8 Å². The van der Waals surface area contributed by atoms with E-state index in [1.807, 2.05) is 13.8 Å². The van der Waals surface area contributed by atoms with Gasteiger partial charge in [0.25, 0.3) is 0 Å². The highest BCUT2D eigenvalue weighted by Gasteiger charge is 2.26. The first-order valence-electron chi connectivity index (χ1n) is 5.33. The van der Waals surface area contributed by atoms with Gasteiger partial charge < -0.3 is 5.32 Å². The van der Waals surface area contributed by atoms with E-state index in [4.69, 9.17) is 0 Å². The Bertz CT molecular complexity index is 276. The molecule has 2 N–H and O–H groups in total. The summed E-state index contributed by atoms with van der Waals surface area (Å²) in [5.74, 6) is -1.27. The first kappa shape index (κ1) is 11.7. The molecule has 0 aromatic heterocycles. The van der Waals surface area contributed by atoms with Crippen molar-refractivity contribution in [3.8, 4) is 0 Å². The second-order valence-electron chi connectivity index (χ2n) is 3.57. The van der Waals surface area contributed by atoms with Crippen molar-refractivity contribution in [2.45, 2.75) is 45.6 Å². The second kappa shape index (κ2) is 5.48. The summed E-state index contributed by atoms with van der Waals surface area (Å²) in [4.78, 5) is 22.4. The predicted molar refractivity (Wildman–Crippen MR) is 57.3 cm³/mol. The topological polar surface area (TPSA) is 70.6 Å². The highest BCUT2D eigenvalue weighted by Crippen LogP contribution is 2.18. The molecule has 0 unspecified atom stereocenters. The molecule has 84 valence electrons. The summed E-state index contributed by atoms with van der Waals surface area (Å²) in [5, 5.41) is 6.46. The van der Waals surface area contributed by atoms with Crippen LogP contribution in [0.4, 0.5) is 0 Å². The SMILES string of the molecule is CCC(CC)=NNC(=O)C(=O)NC1CC1. The van der Waals surface area contributed by atoms with Crippen LogP contribution in [0.25, 0.3) is 0 Å². The predicted octanol–water partition coefficient (Wildman–Crippen LogP) is 0.557. The molecule has 0 bridgehead atoms. The number of carbonyl (C=O) groups is 2. The van der Waals surface area contributed by atoms with Crippen molar-refractivity contribution in [2.24, 2.45) is 5.10 Å². The van der Waals surface area contributed by atoms with Gasteiger partial charge in [-0.15, -0.1) is 0 Å². The lowest BCUT2D eigenvalue weighted by Gasteiger charge is -2.02. The minimum Gasteiger partial charge on any atom is -0.345 e. The molecule has 1 aliphatic carbocycles. The van der Waals surface area contributed by atoms with E-state index in [0.717, 1.165) is 31.4 Å². The van der Waals surface area contributed by atoms with Gasteiger partial charge in [-0.2, -0.15) is 5.10 Å². The van der Waals surface area contributed by atoms with Gasteiger partial charge in [0.05, 0.1) is 0 Å². The molecule has 0 spiro atoms. The molecule has 5 nitrogen and oxygen atoms in total. The number of nitrogens with one attached hydrogen (secondary N) is 2. The summed E-state index contributed by atoms with van der Waals surface area (Å²) < 4.78 is 0. The number of carbonyl (C=O) groups excluding carboxylic acids is 2. The first-order chi connectivity index (χ1) is 7.17. The summed E-state index contributed by atoms with van der Waals surface area (Å²) >= 11 is 0. The third-order valence-corrected chi connectivity index (χ3v) is 2.25. The molecule has 0 atom stereocenters. The van der Waals surface area contributed by atoms with Gasteiger partial charge in [-0.05, 0) is 25.7 Å². The number of nitrogens with zero attached hydrogens (tertiary/aromatic N) is 1. The lowest BCUT2D eigenvalue weighted by molar-refractivity contribution is -0.139. The van der Waals surface area contributed by atoms with Crippen LogP contribution in [0.15, 0.2) is 5.10 Å². The molecular weight excluding hydrogens is 194 g/mol. The minimum absolute atomic E-state index is 0.198. The van der Waals surface area contributed by atoms with E-state index in [2.05, 4.69) is 15.8 Å². The Kier molecular flexibility index (Phi) is 4.27. The summed E-state index contributed by atoms with van der Waals surface area (Å²) in [6.45, 7) is 3.91. The Morgan fingerprint density at radius 1 is 1.20 bits per heavy atom. The van der Waals surface area contributed by atoms with Crippen LogP contribution in [0.2, 0.25) is 0 Å². The number of hydrogen-bond acceptors (Lipinski definition) is 3. The van der Waals surface area contributed by atoms with E-state index in [0.29, 0.717) is 0 Å². The fourth-order valence-electron chi connectivity index (χ4n) is 1.07. The molecule has 1 rings (SSSR count). The van der Waals surface area contributed by atoms with Crippen LogP contribution in [-0.2, 0) is 9.59 Å². The van der Waals surface area contributed by atoms with E-state index in [-0.39, 0.29) is 6.04 Å². The van der Waals surface area contributed by atoms with Gasteiger partial charge in [0.15, 0.2) is 0 Å². The van der Waals surface area contributed by atoms with Crippen LogP contribution < -0.4 is 10.7 Å². The van der Waals surface area contributed by atoms with Crippen molar-refractivity contribution in [3.05, 3.63) is 0 Å². The van der Waals surface area contributed by atoms with Crippen LogP contribution in [0, 0.1) is 0 Å². The largest absolute Gasteiger partial charge is 0.345 e. The Labute approximate surface area is 89.3 Å². The van der Waals surface area contributed by atoms with Crippen LogP contribution in [0.5, 0.6) is 0 Å². The van der Waals surface area contributed by atoms with E-state index in [1.165, 1.54) is 0 Å². The van der Waals surface area contributed by atoms with Crippen molar-refractivity contribution in [1.29, 1.82) is 0 Å². The Morgan fingerprint density at radius 3 is 2.27 bits per heavy atom. The van der Waals surface area contributed by atoms with E-state index >= 15 is 0 Å². The number of rotatable bonds is 4. The fraction of sp³-hybridized carbons (Fsp3) is 0.700. The maximum Gasteiger partial charge on any atom is 0.329 e. The van der Waals surface area contributed by atoms with E-state index in [9.17, 15) is 9.59 Å². The molecular formula is C10H17N3O2.